The first-order valence-corrected chi connectivity index (χ1v) is 8.99. The van der Waals surface area contributed by atoms with Gasteiger partial charge in [0, 0.05) is 24.8 Å². The number of rotatable bonds is 3. The van der Waals surface area contributed by atoms with E-state index in [9.17, 15) is 0 Å². The van der Waals surface area contributed by atoms with E-state index >= 15 is 0 Å². The van der Waals surface area contributed by atoms with E-state index in [-0.39, 0.29) is 6.10 Å². The molecule has 0 radical (unpaired) electrons. The number of aromatic nitrogens is 2. The molecule has 25 heavy (non-hydrogen) atoms. The third-order valence-corrected chi connectivity index (χ3v) is 5.31. The molecule has 0 amide bonds. The highest BCUT2D eigenvalue weighted by molar-refractivity contribution is 7.11. The van der Waals surface area contributed by atoms with Crippen LogP contribution >= 0.6 is 11.5 Å². The van der Waals surface area contributed by atoms with Crippen molar-refractivity contribution in [2.75, 3.05) is 37.4 Å². The summed E-state index contributed by atoms with van der Waals surface area (Å²) in [6.07, 6.45) is 2.11. The van der Waals surface area contributed by atoms with Crippen molar-refractivity contribution >= 4 is 33.3 Å². The van der Waals surface area contributed by atoms with Gasteiger partial charge in [0.2, 0.25) is 0 Å². The fourth-order valence-corrected chi connectivity index (χ4v) is 3.93. The molecule has 1 aromatic carbocycles. The second kappa shape index (κ2) is 6.50. The second-order valence-electron chi connectivity index (χ2n) is 6.16. The number of fused-ring (bicyclic) bond motifs is 1. The molecule has 0 aliphatic carbocycles. The highest BCUT2D eigenvalue weighted by atomic mass is 32.1. The number of nitrogen functional groups attached to an aromatic ring is 1. The van der Waals surface area contributed by atoms with Crippen molar-refractivity contribution < 1.29 is 9.47 Å². The zero-order valence-electron chi connectivity index (χ0n) is 14.2. The van der Waals surface area contributed by atoms with Crippen LogP contribution in [0.2, 0.25) is 0 Å². The number of pyridine rings is 1. The Labute approximate surface area is 150 Å². The largest absolute Gasteiger partial charge is 0.495 e. The van der Waals surface area contributed by atoms with Gasteiger partial charge in [-0.05, 0) is 42.2 Å². The predicted molar refractivity (Wildman–Crippen MR) is 101 cm³/mol. The lowest BCUT2D eigenvalue weighted by atomic mass is 10.1. The number of hydrogen-bond donors (Lipinski definition) is 1. The van der Waals surface area contributed by atoms with Gasteiger partial charge in [-0.25, -0.2) is 0 Å². The number of hydrogen-bond acceptors (Lipinski definition) is 7. The summed E-state index contributed by atoms with van der Waals surface area (Å²) in [4.78, 5) is 7.00. The predicted octanol–water partition coefficient (Wildman–Crippen LogP) is 3.17. The highest BCUT2D eigenvalue weighted by Gasteiger charge is 2.21. The maximum atomic E-state index is 5.90. The lowest BCUT2D eigenvalue weighted by molar-refractivity contribution is 0.0535. The molecule has 4 rings (SSSR count). The van der Waals surface area contributed by atoms with E-state index in [1.165, 1.54) is 11.5 Å². The zero-order chi connectivity index (χ0) is 17.4. The van der Waals surface area contributed by atoms with Crippen molar-refractivity contribution in [3.63, 3.8) is 0 Å². The fraction of sp³-hybridized carbons (Fsp3) is 0.333. The molecule has 0 saturated carbocycles. The first-order valence-electron chi connectivity index (χ1n) is 8.21. The Morgan fingerprint density at radius 3 is 3.00 bits per heavy atom. The summed E-state index contributed by atoms with van der Waals surface area (Å²) < 4.78 is 15.5. The van der Waals surface area contributed by atoms with Crippen molar-refractivity contribution in [2.45, 2.75) is 13.0 Å². The molecule has 6 nitrogen and oxygen atoms in total. The van der Waals surface area contributed by atoms with Crippen LogP contribution in [0.15, 0.2) is 30.5 Å². The monoisotopic (exact) mass is 356 g/mol. The van der Waals surface area contributed by atoms with E-state index < -0.39 is 0 Å². The van der Waals surface area contributed by atoms with E-state index in [2.05, 4.69) is 27.2 Å². The van der Waals surface area contributed by atoms with E-state index in [1.807, 2.05) is 24.4 Å². The Bertz CT molecular complexity index is 911. The minimum absolute atomic E-state index is 0.229. The maximum absolute atomic E-state index is 5.90. The van der Waals surface area contributed by atoms with Crippen LogP contribution in [-0.4, -0.2) is 42.3 Å². The number of nitrogens with zero attached hydrogens (tertiary/aromatic N) is 3. The average molecular weight is 356 g/mol. The number of ether oxygens (including phenoxy) is 2. The Hall–Kier alpha value is -2.38. The third-order valence-electron chi connectivity index (χ3n) is 4.40. The second-order valence-corrected chi connectivity index (χ2v) is 6.92. The minimum atomic E-state index is 0.229. The first kappa shape index (κ1) is 16.1. The fourth-order valence-electron chi connectivity index (χ4n) is 3.08. The van der Waals surface area contributed by atoms with Gasteiger partial charge < -0.3 is 20.1 Å². The topological polar surface area (TPSA) is 73.5 Å². The van der Waals surface area contributed by atoms with Crippen LogP contribution in [0.4, 0.5) is 10.7 Å². The summed E-state index contributed by atoms with van der Waals surface area (Å²) >= 11 is 1.50. The smallest absolute Gasteiger partial charge is 0.142 e. The van der Waals surface area contributed by atoms with Crippen molar-refractivity contribution in [1.29, 1.82) is 0 Å². The number of anilines is 2. The van der Waals surface area contributed by atoms with Crippen molar-refractivity contribution in [2.24, 2.45) is 0 Å². The van der Waals surface area contributed by atoms with Gasteiger partial charge in [0.1, 0.15) is 21.8 Å². The molecule has 3 aromatic rings. The van der Waals surface area contributed by atoms with E-state index in [0.717, 1.165) is 46.9 Å². The van der Waals surface area contributed by atoms with Gasteiger partial charge in [0.05, 0.1) is 25.5 Å². The molecule has 1 aliphatic heterocycles. The van der Waals surface area contributed by atoms with Gasteiger partial charge in [-0.1, -0.05) is 6.07 Å². The summed E-state index contributed by atoms with van der Waals surface area (Å²) in [6.45, 7) is 4.58. The Morgan fingerprint density at radius 1 is 1.32 bits per heavy atom. The molecule has 0 unspecified atom stereocenters. The molecule has 3 heterocycles. The van der Waals surface area contributed by atoms with Gasteiger partial charge in [-0.2, -0.15) is 4.37 Å². The normalized spacial score (nSPS) is 17.8. The molecule has 2 aromatic heterocycles. The van der Waals surface area contributed by atoms with Crippen molar-refractivity contribution in [1.82, 2.24) is 9.36 Å². The van der Waals surface area contributed by atoms with Crippen LogP contribution in [0, 0.1) is 0 Å². The summed E-state index contributed by atoms with van der Waals surface area (Å²) in [6, 6.07) is 7.81. The van der Waals surface area contributed by atoms with Gasteiger partial charge in [0.15, 0.2) is 0 Å². The lowest BCUT2D eigenvalue weighted by Crippen LogP contribution is -2.40. The molecule has 130 valence electrons. The van der Waals surface area contributed by atoms with Crippen LogP contribution < -0.4 is 15.4 Å². The number of morpholine rings is 1. The van der Waals surface area contributed by atoms with Crippen LogP contribution in [0.1, 0.15) is 6.92 Å². The summed E-state index contributed by atoms with van der Waals surface area (Å²) in [5, 5.41) is 1.12. The van der Waals surface area contributed by atoms with Crippen LogP contribution in [0.25, 0.3) is 22.2 Å². The van der Waals surface area contributed by atoms with Gasteiger partial charge in [0.25, 0.3) is 0 Å². The minimum Gasteiger partial charge on any atom is -0.495 e. The lowest BCUT2D eigenvalue weighted by Gasteiger charge is -2.31. The van der Waals surface area contributed by atoms with Crippen molar-refractivity contribution in [3.8, 4) is 16.9 Å². The Morgan fingerprint density at radius 2 is 2.20 bits per heavy atom. The quantitative estimate of drug-likeness (QED) is 0.727. The van der Waals surface area contributed by atoms with Gasteiger partial charge in [-0.15, -0.1) is 0 Å². The molecular weight excluding hydrogens is 336 g/mol. The molecule has 0 spiro atoms. The van der Waals surface area contributed by atoms with E-state index in [4.69, 9.17) is 15.2 Å². The molecule has 0 bridgehead atoms. The average Bonchev–Trinajstić information content (AvgIpc) is 3.05. The SMILES string of the molecule is COc1cc(-c2cnc3c(N4CCO[C@@H](C)C4)snc3c2)ccc1N. The zero-order valence-corrected chi connectivity index (χ0v) is 15.0. The summed E-state index contributed by atoms with van der Waals surface area (Å²) in [5.74, 6) is 0.666. The first-order chi connectivity index (χ1) is 12.2. The summed E-state index contributed by atoms with van der Waals surface area (Å²) in [5.41, 5.74) is 10.4. The van der Waals surface area contributed by atoms with Crippen molar-refractivity contribution in [3.05, 3.63) is 30.5 Å². The molecule has 2 N–H and O–H groups in total. The molecule has 1 atom stereocenters. The standard InChI is InChI=1S/C18H20N4O2S/c1-11-10-22(5-6-24-11)18-17-15(21-25-18)7-13(9-20-17)12-3-4-14(19)16(8-12)23-2/h3-4,7-9,11H,5-6,10,19H2,1-2H3/t11-/m0/s1. The molecule has 1 aliphatic rings. The summed E-state index contributed by atoms with van der Waals surface area (Å²) in [7, 11) is 1.62. The Kier molecular flexibility index (Phi) is 4.19. The molecular formula is C18H20N4O2S. The van der Waals surface area contributed by atoms with Gasteiger partial charge in [-0.3, -0.25) is 4.98 Å². The van der Waals surface area contributed by atoms with Crippen LogP contribution in [-0.2, 0) is 4.74 Å². The highest BCUT2D eigenvalue weighted by Crippen LogP contribution is 2.34. The van der Waals surface area contributed by atoms with Crippen LogP contribution in [0.3, 0.4) is 0 Å². The van der Waals surface area contributed by atoms with Gasteiger partial charge >= 0.3 is 0 Å². The van der Waals surface area contributed by atoms with E-state index in [1.54, 1.807) is 7.11 Å². The third kappa shape index (κ3) is 3.01. The molecule has 1 saturated heterocycles. The number of benzene rings is 1. The maximum Gasteiger partial charge on any atom is 0.142 e. The Balaban J connectivity index is 1.70. The molecule has 1 fully saturated rings. The number of nitrogens with two attached hydrogens (primary N) is 1. The van der Waals surface area contributed by atoms with E-state index in [0.29, 0.717) is 11.4 Å². The van der Waals surface area contributed by atoms with Crippen LogP contribution in [0.5, 0.6) is 5.75 Å². The number of methoxy groups -OCH3 is 1. The molecule has 7 heteroatoms.